The molecule has 1 saturated heterocycles. The molecule has 1 aliphatic heterocycles. The van der Waals surface area contributed by atoms with Gasteiger partial charge in [-0.1, -0.05) is 78.6 Å². The molecule has 0 aromatic heterocycles. The number of rotatable bonds is 6. The van der Waals surface area contributed by atoms with E-state index in [2.05, 4.69) is 0 Å². The van der Waals surface area contributed by atoms with Crippen LogP contribution < -0.4 is 14.4 Å². The SMILES string of the molecule is COc1cc(/C=C2/SC(=S)N(c3cccc(C(F)(F)F)c3)C2=O)ccc1OCc1cccc2ccccc12. The minimum atomic E-state index is -4.53. The van der Waals surface area contributed by atoms with Crippen LogP contribution in [0.1, 0.15) is 16.7 Å². The highest BCUT2D eigenvalue weighted by Gasteiger charge is 2.36. The molecule has 0 spiro atoms. The summed E-state index contributed by atoms with van der Waals surface area (Å²) in [5.74, 6) is 0.524. The van der Waals surface area contributed by atoms with E-state index in [4.69, 9.17) is 21.7 Å². The average Bonchev–Trinajstić information content (AvgIpc) is 3.19. The van der Waals surface area contributed by atoms with Crippen LogP contribution in [0.15, 0.2) is 89.8 Å². The van der Waals surface area contributed by atoms with Crippen LogP contribution in [0.5, 0.6) is 11.5 Å². The number of hydrogen-bond acceptors (Lipinski definition) is 5. The quantitative estimate of drug-likeness (QED) is 0.180. The predicted molar refractivity (Wildman–Crippen MR) is 148 cm³/mol. The number of alkyl halides is 3. The number of methoxy groups -OCH3 is 1. The Morgan fingerprint density at radius 2 is 1.71 bits per heavy atom. The molecular formula is C29H20F3NO3S2. The van der Waals surface area contributed by atoms with Gasteiger partial charge in [0.2, 0.25) is 0 Å². The van der Waals surface area contributed by atoms with Crippen LogP contribution in [-0.4, -0.2) is 17.3 Å². The molecule has 0 atom stereocenters. The Labute approximate surface area is 226 Å². The van der Waals surface area contributed by atoms with Gasteiger partial charge in [-0.3, -0.25) is 9.69 Å². The van der Waals surface area contributed by atoms with Crippen LogP contribution in [0.25, 0.3) is 16.8 Å². The Bertz CT molecular complexity index is 1580. The van der Waals surface area contributed by atoms with Gasteiger partial charge in [0, 0.05) is 0 Å². The smallest absolute Gasteiger partial charge is 0.416 e. The summed E-state index contributed by atoms with van der Waals surface area (Å²) in [4.78, 5) is 14.5. The van der Waals surface area contributed by atoms with Gasteiger partial charge in [0.1, 0.15) is 6.61 Å². The summed E-state index contributed by atoms with van der Waals surface area (Å²) in [7, 11) is 1.52. The molecule has 1 aliphatic rings. The number of ether oxygens (including phenoxy) is 2. The highest BCUT2D eigenvalue weighted by Crippen LogP contribution is 2.39. The molecule has 0 unspecified atom stereocenters. The summed E-state index contributed by atoms with van der Waals surface area (Å²) in [6.07, 6.45) is -2.90. The Hall–Kier alpha value is -3.82. The monoisotopic (exact) mass is 551 g/mol. The number of benzene rings is 4. The maximum Gasteiger partial charge on any atom is 0.416 e. The largest absolute Gasteiger partial charge is 0.493 e. The molecule has 4 aromatic rings. The molecule has 0 bridgehead atoms. The van der Waals surface area contributed by atoms with Gasteiger partial charge in [-0.15, -0.1) is 0 Å². The third-order valence-electron chi connectivity index (χ3n) is 5.97. The summed E-state index contributed by atoms with van der Waals surface area (Å²) in [5, 5.41) is 2.23. The molecule has 9 heteroatoms. The number of anilines is 1. The van der Waals surface area contributed by atoms with Crippen molar-refractivity contribution in [2.24, 2.45) is 0 Å². The third-order valence-corrected chi connectivity index (χ3v) is 7.28. The fourth-order valence-electron chi connectivity index (χ4n) is 4.13. The lowest BCUT2D eigenvalue weighted by molar-refractivity contribution is -0.137. The first kappa shape index (κ1) is 25.8. The van der Waals surface area contributed by atoms with Gasteiger partial charge in [-0.05, 0) is 58.3 Å². The molecule has 1 heterocycles. The Balaban J connectivity index is 1.36. The zero-order valence-electron chi connectivity index (χ0n) is 20.0. The van der Waals surface area contributed by atoms with Crippen molar-refractivity contribution in [2.75, 3.05) is 12.0 Å². The number of amides is 1. The second-order valence-corrected chi connectivity index (χ2v) is 10.1. The Kier molecular flexibility index (Phi) is 7.14. The van der Waals surface area contributed by atoms with Crippen LogP contribution in [-0.2, 0) is 17.6 Å². The number of carbonyl (C=O) groups excluding carboxylic acids is 1. The first-order valence-corrected chi connectivity index (χ1v) is 12.7. The highest BCUT2D eigenvalue weighted by molar-refractivity contribution is 8.27. The third kappa shape index (κ3) is 5.25. The topological polar surface area (TPSA) is 38.8 Å². The molecule has 1 fully saturated rings. The molecule has 0 aliphatic carbocycles. The van der Waals surface area contributed by atoms with Crippen molar-refractivity contribution in [2.45, 2.75) is 12.8 Å². The number of hydrogen-bond donors (Lipinski definition) is 0. The van der Waals surface area contributed by atoms with Gasteiger partial charge >= 0.3 is 6.18 Å². The molecule has 0 saturated carbocycles. The van der Waals surface area contributed by atoms with E-state index in [0.29, 0.717) is 28.6 Å². The van der Waals surface area contributed by atoms with Crippen molar-refractivity contribution in [1.82, 2.24) is 0 Å². The second-order valence-electron chi connectivity index (χ2n) is 8.40. The standard InChI is InChI=1S/C29H20F3NO3S2/c1-35-25-14-18(12-13-24(25)36-17-20-8-4-7-19-6-2-3-11-23(19)20)15-26-27(34)33(28(37)38-26)22-10-5-9-21(16-22)29(30,31)32/h2-16H,17H2,1H3/b26-15+. The molecule has 1 amide bonds. The van der Waals surface area contributed by atoms with Crippen LogP contribution in [0, 0.1) is 0 Å². The maximum atomic E-state index is 13.2. The van der Waals surface area contributed by atoms with E-state index in [1.807, 2.05) is 42.5 Å². The molecule has 0 radical (unpaired) electrons. The number of nitrogens with zero attached hydrogens (tertiary/aromatic N) is 1. The second kappa shape index (κ2) is 10.5. The number of carbonyl (C=O) groups is 1. The Morgan fingerprint density at radius 1 is 0.947 bits per heavy atom. The van der Waals surface area contributed by atoms with Crippen LogP contribution >= 0.6 is 24.0 Å². The lowest BCUT2D eigenvalue weighted by Crippen LogP contribution is -2.27. The minimum Gasteiger partial charge on any atom is -0.493 e. The number of fused-ring (bicyclic) bond motifs is 1. The minimum absolute atomic E-state index is 0.0699. The fourth-order valence-corrected chi connectivity index (χ4v) is 5.43. The van der Waals surface area contributed by atoms with Gasteiger partial charge in [-0.25, -0.2) is 0 Å². The van der Waals surface area contributed by atoms with E-state index in [1.54, 1.807) is 24.3 Å². The van der Waals surface area contributed by atoms with E-state index in [1.165, 1.54) is 19.2 Å². The predicted octanol–water partition coefficient (Wildman–Crippen LogP) is 7.85. The van der Waals surface area contributed by atoms with Crippen molar-refractivity contribution < 1.29 is 27.4 Å². The number of halogens is 3. The van der Waals surface area contributed by atoms with Crippen LogP contribution in [0.3, 0.4) is 0 Å². The summed E-state index contributed by atoms with van der Waals surface area (Å²) >= 11 is 6.34. The lowest BCUT2D eigenvalue weighted by Gasteiger charge is -2.16. The summed E-state index contributed by atoms with van der Waals surface area (Å²) in [5.41, 5.74) is 0.911. The molecule has 5 rings (SSSR count). The van der Waals surface area contributed by atoms with Crippen molar-refractivity contribution in [3.8, 4) is 11.5 Å². The molecule has 192 valence electrons. The zero-order valence-corrected chi connectivity index (χ0v) is 21.6. The molecule has 4 nitrogen and oxygen atoms in total. The average molecular weight is 552 g/mol. The summed E-state index contributed by atoms with van der Waals surface area (Å²) in [6, 6.07) is 23.9. The van der Waals surface area contributed by atoms with Crippen molar-refractivity contribution in [1.29, 1.82) is 0 Å². The first-order valence-electron chi connectivity index (χ1n) is 11.5. The number of thioether (sulfide) groups is 1. The van der Waals surface area contributed by atoms with E-state index >= 15 is 0 Å². The molecule has 38 heavy (non-hydrogen) atoms. The normalized spacial score (nSPS) is 14.9. The van der Waals surface area contributed by atoms with Gasteiger partial charge in [0.25, 0.3) is 5.91 Å². The molecular weight excluding hydrogens is 531 g/mol. The van der Waals surface area contributed by atoms with Crippen LogP contribution in [0.2, 0.25) is 0 Å². The molecule has 4 aromatic carbocycles. The fraction of sp³-hybridized carbons (Fsp3) is 0.103. The van der Waals surface area contributed by atoms with Gasteiger partial charge in [0.15, 0.2) is 15.8 Å². The maximum absolute atomic E-state index is 13.2. The van der Waals surface area contributed by atoms with Gasteiger partial charge in [-0.2, -0.15) is 13.2 Å². The van der Waals surface area contributed by atoms with E-state index in [-0.39, 0.29) is 10.0 Å². The van der Waals surface area contributed by atoms with Crippen LogP contribution in [0.4, 0.5) is 18.9 Å². The Morgan fingerprint density at radius 3 is 2.50 bits per heavy atom. The lowest BCUT2D eigenvalue weighted by atomic mass is 10.1. The van der Waals surface area contributed by atoms with E-state index in [9.17, 15) is 18.0 Å². The van der Waals surface area contributed by atoms with E-state index < -0.39 is 17.6 Å². The first-order chi connectivity index (χ1) is 18.2. The van der Waals surface area contributed by atoms with Crippen molar-refractivity contribution >= 4 is 56.7 Å². The van der Waals surface area contributed by atoms with Gasteiger partial charge < -0.3 is 9.47 Å². The number of thiocarbonyl (C=S) groups is 1. The highest BCUT2D eigenvalue weighted by atomic mass is 32.2. The van der Waals surface area contributed by atoms with Gasteiger partial charge in [0.05, 0.1) is 23.3 Å². The summed E-state index contributed by atoms with van der Waals surface area (Å²) in [6.45, 7) is 0.340. The summed E-state index contributed by atoms with van der Waals surface area (Å²) < 4.78 is 51.2. The van der Waals surface area contributed by atoms with Crippen molar-refractivity contribution in [3.63, 3.8) is 0 Å². The van der Waals surface area contributed by atoms with Crippen molar-refractivity contribution in [3.05, 3.63) is 107 Å². The van der Waals surface area contributed by atoms with E-state index in [0.717, 1.165) is 45.1 Å². The zero-order chi connectivity index (χ0) is 26.9. The molecule has 0 N–H and O–H groups in total.